The van der Waals surface area contributed by atoms with Crippen LogP contribution in [-0.4, -0.2) is 26.3 Å². The van der Waals surface area contributed by atoms with Crippen LogP contribution in [0.5, 0.6) is 0 Å². The first-order valence-corrected chi connectivity index (χ1v) is 5.67. The second kappa shape index (κ2) is 10.7. The van der Waals surface area contributed by atoms with E-state index in [0.717, 1.165) is 32.2 Å². The molecule has 0 unspecified atom stereocenters. The van der Waals surface area contributed by atoms with E-state index in [1.54, 1.807) is 0 Å². The molecule has 84 valence electrons. The Kier molecular flexibility index (Phi) is 10.5. The predicted molar refractivity (Wildman–Crippen MR) is 62.6 cm³/mol. The molecule has 0 amide bonds. The van der Waals surface area contributed by atoms with E-state index in [1.807, 2.05) is 19.1 Å². The van der Waals surface area contributed by atoms with Crippen molar-refractivity contribution < 1.29 is 4.74 Å². The molecular weight excluding hydrogens is 174 g/mol. The maximum Gasteiger partial charge on any atom is 0.0647 e. The van der Waals surface area contributed by atoms with Crippen LogP contribution in [0.3, 0.4) is 0 Å². The van der Waals surface area contributed by atoms with Crippen molar-refractivity contribution in [2.45, 2.75) is 33.6 Å². The van der Waals surface area contributed by atoms with Crippen molar-refractivity contribution in [3.63, 3.8) is 0 Å². The van der Waals surface area contributed by atoms with Gasteiger partial charge in [0.05, 0.1) is 13.2 Å². The molecule has 0 aliphatic rings. The molecule has 0 saturated carbocycles. The van der Waals surface area contributed by atoms with Crippen molar-refractivity contribution in [2.75, 3.05) is 26.3 Å². The van der Waals surface area contributed by atoms with Gasteiger partial charge >= 0.3 is 0 Å². The summed E-state index contributed by atoms with van der Waals surface area (Å²) in [6, 6.07) is 0. The normalized spacial score (nSPS) is 11.7. The van der Waals surface area contributed by atoms with Gasteiger partial charge in [-0.1, -0.05) is 26.0 Å². The third-order valence-corrected chi connectivity index (χ3v) is 2.01. The Hall–Kier alpha value is -0.340. The molecule has 0 saturated heterocycles. The summed E-state index contributed by atoms with van der Waals surface area (Å²) in [6.07, 6.45) is 6.62. The summed E-state index contributed by atoms with van der Waals surface area (Å²) in [5, 5.41) is 3.37. The van der Waals surface area contributed by atoms with Crippen LogP contribution < -0.4 is 5.32 Å². The lowest BCUT2D eigenvalue weighted by molar-refractivity contribution is 0.163. The van der Waals surface area contributed by atoms with E-state index in [0.29, 0.717) is 0 Å². The van der Waals surface area contributed by atoms with Gasteiger partial charge in [-0.3, -0.25) is 0 Å². The van der Waals surface area contributed by atoms with Gasteiger partial charge in [0.25, 0.3) is 0 Å². The second-order valence-corrected chi connectivity index (χ2v) is 3.93. The van der Waals surface area contributed by atoms with E-state index in [1.165, 1.54) is 12.8 Å². The highest BCUT2D eigenvalue weighted by Crippen LogP contribution is 2.01. The summed E-state index contributed by atoms with van der Waals surface area (Å²) in [4.78, 5) is 0. The molecule has 0 bridgehead atoms. The molecular formula is C12H25NO. The molecule has 0 aromatic rings. The number of nitrogens with one attached hydrogen (secondary N) is 1. The lowest BCUT2D eigenvalue weighted by Gasteiger charge is -2.06. The Morgan fingerprint density at radius 1 is 1.29 bits per heavy atom. The van der Waals surface area contributed by atoms with Crippen LogP contribution in [-0.2, 0) is 4.74 Å². The molecule has 0 radical (unpaired) electrons. The first kappa shape index (κ1) is 13.7. The molecule has 2 heteroatoms. The zero-order chi connectivity index (χ0) is 10.6. The van der Waals surface area contributed by atoms with Crippen molar-refractivity contribution in [2.24, 2.45) is 5.92 Å². The van der Waals surface area contributed by atoms with Crippen LogP contribution in [0.2, 0.25) is 0 Å². The highest BCUT2D eigenvalue weighted by atomic mass is 16.5. The zero-order valence-corrected chi connectivity index (χ0v) is 9.88. The quantitative estimate of drug-likeness (QED) is 0.455. The van der Waals surface area contributed by atoms with E-state index in [2.05, 4.69) is 19.2 Å². The molecule has 0 aromatic heterocycles. The van der Waals surface area contributed by atoms with E-state index >= 15 is 0 Å². The molecule has 2 nitrogen and oxygen atoms in total. The van der Waals surface area contributed by atoms with Gasteiger partial charge in [-0.2, -0.15) is 0 Å². The maximum atomic E-state index is 5.35. The lowest BCUT2D eigenvalue weighted by Crippen LogP contribution is -2.21. The van der Waals surface area contributed by atoms with Gasteiger partial charge in [0, 0.05) is 6.54 Å². The Morgan fingerprint density at radius 2 is 2.07 bits per heavy atom. The minimum absolute atomic E-state index is 0.740. The number of hydrogen-bond donors (Lipinski definition) is 1. The number of hydrogen-bond acceptors (Lipinski definition) is 2. The third-order valence-electron chi connectivity index (χ3n) is 2.01. The molecule has 0 aliphatic carbocycles. The monoisotopic (exact) mass is 199 g/mol. The zero-order valence-electron chi connectivity index (χ0n) is 9.88. The molecule has 0 spiro atoms. The van der Waals surface area contributed by atoms with Gasteiger partial charge in [-0.05, 0) is 32.2 Å². The van der Waals surface area contributed by atoms with Crippen LogP contribution in [0, 0.1) is 5.92 Å². The van der Waals surface area contributed by atoms with Crippen molar-refractivity contribution in [3.05, 3.63) is 12.2 Å². The van der Waals surface area contributed by atoms with Gasteiger partial charge in [0.15, 0.2) is 0 Å². The molecule has 0 fully saturated rings. The van der Waals surface area contributed by atoms with Crippen molar-refractivity contribution in [1.82, 2.24) is 5.32 Å². The van der Waals surface area contributed by atoms with E-state index < -0.39 is 0 Å². The summed E-state index contributed by atoms with van der Waals surface area (Å²) >= 11 is 0. The second-order valence-electron chi connectivity index (χ2n) is 3.93. The molecule has 0 rings (SSSR count). The summed E-state index contributed by atoms with van der Waals surface area (Å²) in [6.45, 7) is 10.2. The summed E-state index contributed by atoms with van der Waals surface area (Å²) in [7, 11) is 0. The van der Waals surface area contributed by atoms with Crippen molar-refractivity contribution >= 4 is 0 Å². The van der Waals surface area contributed by atoms with Gasteiger partial charge in [-0.15, -0.1) is 0 Å². The van der Waals surface area contributed by atoms with Crippen LogP contribution in [0.1, 0.15) is 33.6 Å². The number of ether oxygens (including phenoxy) is 1. The smallest absolute Gasteiger partial charge is 0.0647 e. The Bertz CT molecular complexity index is 132. The maximum absolute atomic E-state index is 5.35. The average molecular weight is 199 g/mol. The number of allylic oxidation sites excluding steroid dienone is 1. The largest absolute Gasteiger partial charge is 0.376 e. The van der Waals surface area contributed by atoms with Gasteiger partial charge < -0.3 is 10.1 Å². The minimum atomic E-state index is 0.740. The SMILES string of the molecule is CC=CCOCCNCCCC(C)C. The van der Waals surface area contributed by atoms with Crippen LogP contribution in [0.15, 0.2) is 12.2 Å². The molecule has 0 heterocycles. The fourth-order valence-electron chi connectivity index (χ4n) is 1.15. The Morgan fingerprint density at radius 3 is 2.71 bits per heavy atom. The van der Waals surface area contributed by atoms with E-state index in [-0.39, 0.29) is 0 Å². The fourth-order valence-corrected chi connectivity index (χ4v) is 1.15. The van der Waals surface area contributed by atoms with Gasteiger partial charge in [0.1, 0.15) is 0 Å². The Balaban J connectivity index is 2.92. The third kappa shape index (κ3) is 11.7. The summed E-state index contributed by atoms with van der Waals surface area (Å²) in [5.74, 6) is 0.822. The topological polar surface area (TPSA) is 21.3 Å². The lowest BCUT2D eigenvalue weighted by atomic mass is 10.1. The Labute approximate surface area is 88.7 Å². The predicted octanol–water partition coefficient (Wildman–Crippen LogP) is 2.60. The minimum Gasteiger partial charge on any atom is -0.376 e. The summed E-state index contributed by atoms with van der Waals surface area (Å²) < 4.78 is 5.35. The standard InChI is InChI=1S/C12H25NO/c1-4-5-10-14-11-9-13-8-6-7-12(2)3/h4-5,12-13H,6-11H2,1-3H3. The molecule has 0 aliphatic heterocycles. The van der Waals surface area contributed by atoms with Gasteiger partial charge in [0.2, 0.25) is 0 Å². The number of rotatable bonds is 9. The molecule has 0 aromatic carbocycles. The van der Waals surface area contributed by atoms with E-state index in [9.17, 15) is 0 Å². The first-order valence-electron chi connectivity index (χ1n) is 5.67. The van der Waals surface area contributed by atoms with Crippen LogP contribution in [0.4, 0.5) is 0 Å². The molecule has 1 N–H and O–H groups in total. The summed E-state index contributed by atoms with van der Waals surface area (Å²) in [5.41, 5.74) is 0. The van der Waals surface area contributed by atoms with Crippen LogP contribution >= 0.6 is 0 Å². The van der Waals surface area contributed by atoms with Gasteiger partial charge in [-0.25, -0.2) is 0 Å². The van der Waals surface area contributed by atoms with Crippen LogP contribution in [0.25, 0.3) is 0 Å². The molecule has 14 heavy (non-hydrogen) atoms. The van der Waals surface area contributed by atoms with E-state index in [4.69, 9.17) is 4.74 Å². The highest BCUT2D eigenvalue weighted by molar-refractivity contribution is 4.75. The van der Waals surface area contributed by atoms with Crippen molar-refractivity contribution in [3.8, 4) is 0 Å². The highest BCUT2D eigenvalue weighted by Gasteiger charge is 1.93. The fraction of sp³-hybridized carbons (Fsp3) is 0.833. The average Bonchev–Trinajstić information content (AvgIpc) is 2.15. The van der Waals surface area contributed by atoms with Crippen molar-refractivity contribution in [1.29, 1.82) is 0 Å². The molecule has 0 atom stereocenters. The first-order chi connectivity index (χ1) is 6.77.